The topological polar surface area (TPSA) is 59.8 Å². The Hall–Kier alpha value is -1.89. The molecule has 0 aliphatic heterocycles. The van der Waals surface area contributed by atoms with Gasteiger partial charge in [0.15, 0.2) is 11.0 Å². The van der Waals surface area contributed by atoms with Gasteiger partial charge in [-0.25, -0.2) is 4.39 Å². The summed E-state index contributed by atoms with van der Waals surface area (Å²) in [5.74, 6) is 2.91. The Morgan fingerprint density at radius 3 is 2.31 bits per heavy atom. The minimum Gasteiger partial charge on any atom is -0.350 e. The molecule has 1 aromatic heterocycles. The lowest BCUT2D eigenvalue weighted by molar-refractivity contribution is -0.126. The highest BCUT2D eigenvalue weighted by atomic mass is 32.2. The van der Waals surface area contributed by atoms with Crippen LogP contribution in [-0.2, 0) is 11.8 Å². The predicted octanol–water partition coefficient (Wildman–Crippen LogP) is 4.19. The number of thioether (sulfide) groups is 1. The summed E-state index contributed by atoms with van der Waals surface area (Å²) in [5, 5.41) is 12.4. The molecule has 1 atom stereocenters. The highest BCUT2D eigenvalue weighted by Crippen LogP contribution is 2.55. The number of aromatic nitrogens is 3. The molecule has 4 aliphatic rings. The van der Waals surface area contributed by atoms with Gasteiger partial charge >= 0.3 is 0 Å². The van der Waals surface area contributed by atoms with E-state index in [9.17, 15) is 9.18 Å². The number of amides is 1. The number of benzene rings is 1. The van der Waals surface area contributed by atoms with Crippen LogP contribution in [0.5, 0.6) is 0 Å². The maximum Gasteiger partial charge on any atom is 0.233 e. The lowest BCUT2D eigenvalue weighted by Crippen LogP contribution is -2.60. The van der Waals surface area contributed by atoms with Crippen molar-refractivity contribution in [3.8, 4) is 11.4 Å². The number of nitrogens with zero attached hydrogens (tertiary/aromatic N) is 3. The second-order valence-corrected chi connectivity index (χ2v) is 10.6. The summed E-state index contributed by atoms with van der Waals surface area (Å²) in [6.45, 7) is 1.94. The van der Waals surface area contributed by atoms with Crippen LogP contribution < -0.4 is 5.32 Å². The number of nitrogens with one attached hydrogen (secondary N) is 1. The predicted molar refractivity (Wildman–Crippen MR) is 111 cm³/mol. The van der Waals surface area contributed by atoms with E-state index < -0.39 is 0 Å². The number of rotatable bonds is 5. The third-order valence-corrected chi connectivity index (χ3v) is 8.15. The molecular formula is C22H27FN4OS. The van der Waals surface area contributed by atoms with Crippen molar-refractivity contribution in [1.82, 2.24) is 20.1 Å². The summed E-state index contributed by atoms with van der Waals surface area (Å²) in [6.07, 6.45) is 7.56. The van der Waals surface area contributed by atoms with E-state index in [-0.39, 0.29) is 22.5 Å². The third-order valence-electron chi connectivity index (χ3n) is 7.02. The molecule has 0 radical (unpaired) electrons. The molecule has 29 heavy (non-hydrogen) atoms. The fourth-order valence-corrected chi connectivity index (χ4v) is 6.92. The van der Waals surface area contributed by atoms with Gasteiger partial charge in [0.05, 0.1) is 5.25 Å². The molecule has 1 N–H and O–H groups in total. The van der Waals surface area contributed by atoms with Crippen LogP contribution in [-0.4, -0.2) is 31.5 Å². The number of hydrogen-bond acceptors (Lipinski definition) is 4. The second-order valence-electron chi connectivity index (χ2n) is 9.32. The molecule has 1 amide bonds. The SMILES string of the molecule is C[C@H](Sc1nnc(-c2ccc(F)cc2)n1C)C(=O)NC12CC3CC(CC(C3)C1)C2. The van der Waals surface area contributed by atoms with Crippen LogP contribution >= 0.6 is 11.8 Å². The monoisotopic (exact) mass is 414 g/mol. The molecule has 5 nitrogen and oxygen atoms in total. The van der Waals surface area contributed by atoms with Gasteiger partial charge in [0.25, 0.3) is 0 Å². The van der Waals surface area contributed by atoms with E-state index >= 15 is 0 Å². The van der Waals surface area contributed by atoms with Crippen LogP contribution in [0.3, 0.4) is 0 Å². The lowest BCUT2D eigenvalue weighted by atomic mass is 9.53. The Balaban J connectivity index is 1.27. The quantitative estimate of drug-likeness (QED) is 0.746. The average molecular weight is 415 g/mol. The maximum absolute atomic E-state index is 13.2. The van der Waals surface area contributed by atoms with Crippen LogP contribution in [0.15, 0.2) is 29.4 Å². The molecule has 0 saturated heterocycles. The van der Waals surface area contributed by atoms with Crippen molar-refractivity contribution >= 4 is 17.7 Å². The Morgan fingerprint density at radius 1 is 1.14 bits per heavy atom. The highest BCUT2D eigenvalue weighted by molar-refractivity contribution is 8.00. The van der Waals surface area contributed by atoms with Crippen LogP contribution in [0, 0.1) is 23.6 Å². The van der Waals surface area contributed by atoms with Crippen LogP contribution in [0.4, 0.5) is 4.39 Å². The number of carbonyl (C=O) groups is 1. The second kappa shape index (κ2) is 7.11. The van der Waals surface area contributed by atoms with Crippen molar-refractivity contribution in [2.75, 3.05) is 0 Å². The molecule has 1 heterocycles. The molecule has 154 valence electrons. The lowest BCUT2D eigenvalue weighted by Gasteiger charge is -2.57. The van der Waals surface area contributed by atoms with E-state index in [0.717, 1.165) is 42.6 Å². The number of carbonyl (C=O) groups excluding carboxylic acids is 1. The van der Waals surface area contributed by atoms with Gasteiger partial charge in [-0.2, -0.15) is 0 Å². The molecule has 6 rings (SSSR count). The van der Waals surface area contributed by atoms with E-state index in [0.29, 0.717) is 11.0 Å². The first-order valence-corrected chi connectivity index (χ1v) is 11.4. The van der Waals surface area contributed by atoms with Crippen molar-refractivity contribution in [2.24, 2.45) is 24.8 Å². The van der Waals surface area contributed by atoms with Gasteiger partial charge < -0.3 is 9.88 Å². The van der Waals surface area contributed by atoms with E-state index in [4.69, 9.17) is 0 Å². The Bertz CT molecular complexity index is 890. The van der Waals surface area contributed by atoms with Gasteiger partial charge in [-0.3, -0.25) is 4.79 Å². The summed E-state index contributed by atoms with van der Waals surface area (Å²) >= 11 is 1.43. The zero-order valence-corrected chi connectivity index (χ0v) is 17.7. The molecule has 4 bridgehead atoms. The molecule has 1 aromatic carbocycles. The third kappa shape index (κ3) is 3.58. The van der Waals surface area contributed by atoms with E-state index in [1.54, 1.807) is 12.1 Å². The summed E-state index contributed by atoms with van der Waals surface area (Å²) < 4.78 is 15.1. The molecule has 0 spiro atoms. The molecule has 2 aromatic rings. The van der Waals surface area contributed by atoms with Crippen molar-refractivity contribution < 1.29 is 9.18 Å². The van der Waals surface area contributed by atoms with Crippen molar-refractivity contribution in [3.05, 3.63) is 30.1 Å². The van der Waals surface area contributed by atoms with E-state index in [1.807, 2.05) is 18.5 Å². The maximum atomic E-state index is 13.2. The normalized spacial score (nSPS) is 31.1. The largest absolute Gasteiger partial charge is 0.350 e. The highest BCUT2D eigenvalue weighted by Gasteiger charge is 2.51. The zero-order chi connectivity index (χ0) is 20.2. The van der Waals surface area contributed by atoms with Crippen molar-refractivity contribution in [1.29, 1.82) is 0 Å². The zero-order valence-electron chi connectivity index (χ0n) is 16.9. The first-order chi connectivity index (χ1) is 13.9. The molecule has 4 saturated carbocycles. The minimum atomic E-state index is -0.277. The van der Waals surface area contributed by atoms with E-state index in [1.165, 1.54) is 43.2 Å². The minimum absolute atomic E-state index is 0.0276. The smallest absolute Gasteiger partial charge is 0.233 e. The standard InChI is InChI=1S/C22H27FN4OS/c1-13(20(28)24-22-10-14-7-15(11-22)9-16(8-14)12-22)29-21-26-25-19(27(21)2)17-3-5-18(23)6-4-17/h3-6,13-16H,7-12H2,1-2H3,(H,24,28)/t13-,14?,15?,16?,22?/m0/s1. The van der Waals surface area contributed by atoms with Crippen LogP contribution in [0.1, 0.15) is 45.4 Å². The van der Waals surface area contributed by atoms with Gasteiger partial charge in [-0.1, -0.05) is 11.8 Å². The summed E-state index contributed by atoms with van der Waals surface area (Å²) in [7, 11) is 1.88. The number of hydrogen-bond donors (Lipinski definition) is 1. The first kappa shape index (κ1) is 19.1. The fourth-order valence-electron chi connectivity index (χ4n) is 6.11. The van der Waals surface area contributed by atoms with Crippen LogP contribution in [0.25, 0.3) is 11.4 Å². The van der Waals surface area contributed by atoms with Crippen molar-refractivity contribution in [2.45, 2.75) is 61.4 Å². The van der Waals surface area contributed by atoms with Crippen LogP contribution in [0.2, 0.25) is 0 Å². The first-order valence-electron chi connectivity index (χ1n) is 10.5. The Morgan fingerprint density at radius 2 is 1.72 bits per heavy atom. The summed E-state index contributed by atoms with van der Waals surface area (Å²) in [5.41, 5.74) is 0.832. The van der Waals surface area contributed by atoms with Gasteiger partial charge in [0, 0.05) is 18.2 Å². The Kier molecular flexibility index (Phi) is 4.68. The van der Waals surface area contributed by atoms with Gasteiger partial charge in [-0.15, -0.1) is 10.2 Å². The molecule has 4 fully saturated rings. The molecular weight excluding hydrogens is 387 g/mol. The molecule has 0 unspecified atom stereocenters. The molecule has 7 heteroatoms. The number of halogens is 1. The van der Waals surface area contributed by atoms with Gasteiger partial charge in [0.1, 0.15) is 5.82 Å². The fraction of sp³-hybridized carbons (Fsp3) is 0.591. The summed E-state index contributed by atoms with van der Waals surface area (Å²) in [6, 6.07) is 6.21. The molecule has 4 aliphatic carbocycles. The van der Waals surface area contributed by atoms with Gasteiger partial charge in [-0.05, 0) is 87.5 Å². The average Bonchev–Trinajstić information content (AvgIpc) is 3.01. The summed E-state index contributed by atoms with van der Waals surface area (Å²) in [4.78, 5) is 13.0. The Labute approximate surface area is 174 Å². The van der Waals surface area contributed by atoms with Crippen molar-refractivity contribution in [3.63, 3.8) is 0 Å². The van der Waals surface area contributed by atoms with E-state index in [2.05, 4.69) is 15.5 Å². The van der Waals surface area contributed by atoms with Gasteiger partial charge in [0.2, 0.25) is 5.91 Å².